The Morgan fingerprint density at radius 3 is 2.83 bits per heavy atom. The number of hydrogen-bond donors (Lipinski definition) is 3. The lowest BCUT2D eigenvalue weighted by atomic mass is 9.95. The van der Waals surface area contributed by atoms with Crippen LogP contribution in [0.1, 0.15) is 12.8 Å². The SMILES string of the molecule is O=C(O)N1CCCC(O)(CS)C1. The number of piperidine rings is 1. The van der Waals surface area contributed by atoms with Crippen LogP contribution < -0.4 is 0 Å². The van der Waals surface area contributed by atoms with Crippen LogP contribution in [0.5, 0.6) is 0 Å². The monoisotopic (exact) mass is 191 g/mol. The van der Waals surface area contributed by atoms with Gasteiger partial charge >= 0.3 is 6.09 Å². The molecule has 1 fully saturated rings. The number of carboxylic acid groups (broad SMARTS) is 1. The van der Waals surface area contributed by atoms with Crippen molar-refractivity contribution in [3.05, 3.63) is 0 Å². The molecule has 0 saturated carbocycles. The van der Waals surface area contributed by atoms with Crippen LogP contribution in [0.3, 0.4) is 0 Å². The summed E-state index contributed by atoms with van der Waals surface area (Å²) in [7, 11) is 0. The number of hydrogen-bond acceptors (Lipinski definition) is 3. The van der Waals surface area contributed by atoms with E-state index in [0.29, 0.717) is 25.1 Å². The molecular weight excluding hydrogens is 178 g/mol. The smallest absolute Gasteiger partial charge is 0.407 e. The van der Waals surface area contributed by atoms with Crippen LogP contribution >= 0.6 is 12.6 Å². The topological polar surface area (TPSA) is 60.8 Å². The third-order valence-electron chi connectivity index (χ3n) is 2.12. The number of rotatable bonds is 1. The molecule has 0 aliphatic carbocycles. The van der Waals surface area contributed by atoms with Crippen molar-refractivity contribution in [2.24, 2.45) is 0 Å². The Hall–Kier alpha value is -0.420. The van der Waals surface area contributed by atoms with Crippen LogP contribution in [-0.2, 0) is 0 Å². The van der Waals surface area contributed by atoms with Crippen LogP contribution in [0.25, 0.3) is 0 Å². The largest absolute Gasteiger partial charge is 0.465 e. The van der Waals surface area contributed by atoms with Crippen LogP contribution in [0.4, 0.5) is 4.79 Å². The molecule has 4 nitrogen and oxygen atoms in total. The summed E-state index contributed by atoms with van der Waals surface area (Å²) in [5.41, 5.74) is -0.917. The molecule has 0 aromatic heterocycles. The van der Waals surface area contributed by atoms with E-state index in [4.69, 9.17) is 5.11 Å². The summed E-state index contributed by atoms with van der Waals surface area (Å²) in [4.78, 5) is 11.8. The first-order chi connectivity index (χ1) is 5.57. The number of amides is 1. The molecular formula is C7H13NO3S. The molecule has 1 heterocycles. The lowest BCUT2D eigenvalue weighted by molar-refractivity contribution is -0.00611. The van der Waals surface area contributed by atoms with Crippen LogP contribution in [-0.4, -0.2) is 45.6 Å². The van der Waals surface area contributed by atoms with Gasteiger partial charge in [0, 0.05) is 12.3 Å². The van der Waals surface area contributed by atoms with Crippen molar-refractivity contribution in [1.29, 1.82) is 0 Å². The number of aliphatic hydroxyl groups is 1. The molecule has 1 unspecified atom stereocenters. The molecule has 1 atom stereocenters. The van der Waals surface area contributed by atoms with E-state index in [9.17, 15) is 9.90 Å². The highest BCUT2D eigenvalue weighted by Gasteiger charge is 2.33. The highest BCUT2D eigenvalue weighted by atomic mass is 32.1. The normalized spacial score (nSPS) is 30.3. The van der Waals surface area contributed by atoms with Gasteiger partial charge in [-0.15, -0.1) is 0 Å². The van der Waals surface area contributed by atoms with Gasteiger partial charge < -0.3 is 15.1 Å². The first kappa shape index (κ1) is 9.67. The van der Waals surface area contributed by atoms with Crippen molar-refractivity contribution in [1.82, 2.24) is 4.90 Å². The lowest BCUT2D eigenvalue weighted by Gasteiger charge is -2.36. The zero-order valence-corrected chi connectivity index (χ0v) is 7.63. The molecule has 1 aliphatic heterocycles. The van der Waals surface area contributed by atoms with Crippen LogP contribution in [0.2, 0.25) is 0 Å². The molecule has 1 saturated heterocycles. The van der Waals surface area contributed by atoms with Crippen molar-refractivity contribution >= 4 is 18.7 Å². The third kappa shape index (κ3) is 2.04. The molecule has 0 bridgehead atoms. The summed E-state index contributed by atoms with van der Waals surface area (Å²) in [6.45, 7) is 0.706. The van der Waals surface area contributed by atoms with Crippen molar-refractivity contribution in [2.75, 3.05) is 18.8 Å². The second-order valence-electron chi connectivity index (χ2n) is 3.19. The number of nitrogens with zero attached hydrogens (tertiary/aromatic N) is 1. The minimum Gasteiger partial charge on any atom is -0.465 e. The fraction of sp³-hybridized carbons (Fsp3) is 0.857. The number of likely N-dealkylation sites (tertiary alicyclic amines) is 1. The first-order valence-electron chi connectivity index (χ1n) is 3.88. The fourth-order valence-corrected chi connectivity index (χ4v) is 1.66. The van der Waals surface area contributed by atoms with E-state index in [1.807, 2.05) is 0 Å². The molecule has 5 heteroatoms. The predicted molar refractivity (Wildman–Crippen MR) is 47.6 cm³/mol. The molecule has 1 rings (SSSR count). The second-order valence-corrected chi connectivity index (χ2v) is 3.51. The van der Waals surface area contributed by atoms with Gasteiger partial charge in [-0.2, -0.15) is 12.6 Å². The second kappa shape index (κ2) is 3.53. The first-order valence-corrected chi connectivity index (χ1v) is 4.52. The van der Waals surface area contributed by atoms with Gasteiger partial charge in [0.2, 0.25) is 0 Å². The molecule has 70 valence electrons. The van der Waals surface area contributed by atoms with Crippen molar-refractivity contribution < 1.29 is 15.0 Å². The Morgan fingerprint density at radius 1 is 1.67 bits per heavy atom. The van der Waals surface area contributed by atoms with Gasteiger partial charge in [-0.1, -0.05) is 0 Å². The molecule has 0 aromatic carbocycles. The minimum atomic E-state index is -0.963. The molecule has 0 aromatic rings. The fourth-order valence-electron chi connectivity index (χ4n) is 1.40. The molecule has 1 aliphatic rings. The van der Waals surface area contributed by atoms with Crippen LogP contribution in [0, 0.1) is 0 Å². The zero-order valence-electron chi connectivity index (χ0n) is 6.73. The van der Waals surface area contributed by atoms with Crippen molar-refractivity contribution in [2.45, 2.75) is 18.4 Å². The van der Waals surface area contributed by atoms with Crippen LogP contribution in [0.15, 0.2) is 0 Å². The van der Waals surface area contributed by atoms with Gasteiger partial charge in [-0.25, -0.2) is 4.79 Å². The van der Waals surface area contributed by atoms with Crippen molar-refractivity contribution in [3.63, 3.8) is 0 Å². The Balaban J connectivity index is 2.57. The molecule has 2 N–H and O–H groups in total. The van der Waals surface area contributed by atoms with Gasteiger partial charge in [0.25, 0.3) is 0 Å². The molecule has 0 spiro atoms. The quantitative estimate of drug-likeness (QED) is 0.526. The van der Waals surface area contributed by atoms with E-state index >= 15 is 0 Å². The summed E-state index contributed by atoms with van der Waals surface area (Å²) < 4.78 is 0. The average Bonchev–Trinajstić information content (AvgIpc) is 2.05. The maximum Gasteiger partial charge on any atom is 0.407 e. The maximum atomic E-state index is 10.5. The maximum absolute atomic E-state index is 10.5. The minimum absolute atomic E-state index is 0.186. The van der Waals surface area contributed by atoms with E-state index in [-0.39, 0.29) is 6.54 Å². The van der Waals surface area contributed by atoms with Crippen molar-refractivity contribution in [3.8, 4) is 0 Å². The van der Waals surface area contributed by atoms with Gasteiger partial charge in [-0.05, 0) is 12.8 Å². The average molecular weight is 191 g/mol. The van der Waals surface area contributed by atoms with Gasteiger partial charge in [0.1, 0.15) is 0 Å². The van der Waals surface area contributed by atoms with Gasteiger partial charge in [0.05, 0.1) is 12.1 Å². The number of thiol groups is 1. The Bertz CT molecular complexity index is 187. The van der Waals surface area contributed by atoms with Gasteiger partial charge in [0.15, 0.2) is 0 Å². The summed E-state index contributed by atoms with van der Waals surface area (Å²) >= 11 is 3.99. The molecule has 0 radical (unpaired) electrons. The zero-order chi connectivity index (χ0) is 9.19. The highest BCUT2D eigenvalue weighted by Crippen LogP contribution is 2.21. The highest BCUT2D eigenvalue weighted by molar-refractivity contribution is 7.80. The Labute approximate surface area is 76.6 Å². The Kier molecular flexibility index (Phi) is 2.85. The number of carbonyl (C=O) groups is 1. The van der Waals surface area contributed by atoms with E-state index in [2.05, 4.69) is 12.6 Å². The summed E-state index contributed by atoms with van der Waals surface area (Å²) in [6, 6.07) is 0. The standard InChI is InChI=1S/C7H13NO3S/c9-6(10)8-3-1-2-7(11,4-8)5-12/h11-12H,1-5H2,(H,9,10). The van der Waals surface area contributed by atoms with E-state index in [1.54, 1.807) is 0 Å². The summed E-state index contributed by atoms with van der Waals surface area (Å²) in [5.74, 6) is 0.316. The predicted octanol–water partition coefficient (Wildman–Crippen LogP) is 0.421. The van der Waals surface area contributed by atoms with E-state index in [0.717, 1.165) is 0 Å². The van der Waals surface area contributed by atoms with E-state index < -0.39 is 11.7 Å². The Morgan fingerprint density at radius 2 is 2.33 bits per heavy atom. The lowest BCUT2D eigenvalue weighted by Crippen LogP contribution is -2.51. The van der Waals surface area contributed by atoms with E-state index in [1.165, 1.54) is 4.90 Å². The summed E-state index contributed by atoms with van der Waals surface area (Å²) in [5, 5.41) is 18.4. The van der Waals surface area contributed by atoms with Gasteiger partial charge in [-0.3, -0.25) is 0 Å². The number of β-amino-alcohol motifs (C(OH)–C–C–N with tert-alkyl or cyclic N) is 1. The molecule has 1 amide bonds. The summed E-state index contributed by atoms with van der Waals surface area (Å²) in [6.07, 6.45) is 0.388. The third-order valence-corrected chi connectivity index (χ3v) is 2.71. The molecule has 12 heavy (non-hydrogen) atoms.